The van der Waals surface area contributed by atoms with Crippen molar-refractivity contribution in [3.8, 4) is 28.0 Å². The summed E-state index contributed by atoms with van der Waals surface area (Å²) in [6.07, 6.45) is 6.57. The van der Waals surface area contributed by atoms with Crippen LogP contribution in [0.2, 0.25) is 0 Å². The molecule has 2 atom stereocenters. The lowest BCUT2D eigenvalue weighted by atomic mass is 9.90. The zero-order chi connectivity index (χ0) is 24.1. The molecule has 1 aliphatic heterocycles. The maximum atomic E-state index is 14.9. The van der Waals surface area contributed by atoms with Gasteiger partial charge in [-0.3, -0.25) is 0 Å². The number of benzene rings is 3. The molecule has 0 amide bonds. The van der Waals surface area contributed by atoms with E-state index in [1.165, 1.54) is 18.2 Å². The lowest BCUT2D eigenvalue weighted by molar-refractivity contribution is 0.0148. The molecule has 2 nitrogen and oxygen atoms in total. The molecule has 0 bridgehead atoms. The van der Waals surface area contributed by atoms with Crippen molar-refractivity contribution in [2.24, 2.45) is 0 Å². The van der Waals surface area contributed by atoms with Crippen LogP contribution in [0.15, 0.2) is 66.7 Å². The number of hydrogen-bond donors (Lipinski definition) is 0. The minimum atomic E-state index is -1.01. The largest absolute Gasteiger partial charge is 0.486 e. The van der Waals surface area contributed by atoms with Crippen molar-refractivity contribution < 1.29 is 22.6 Å². The second-order valence-corrected chi connectivity index (χ2v) is 8.66. The van der Waals surface area contributed by atoms with Gasteiger partial charge in [0.2, 0.25) is 5.82 Å². The van der Waals surface area contributed by atoms with E-state index in [4.69, 9.17) is 9.47 Å². The monoisotopic (exact) mass is 466 g/mol. The van der Waals surface area contributed by atoms with Crippen LogP contribution in [0.5, 0.6) is 5.75 Å². The van der Waals surface area contributed by atoms with Crippen LogP contribution < -0.4 is 4.74 Å². The van der Waals surface area contributed by atoms with Crippen molar-refractivity contribution in [2.45, 2.75) is 45.1 Å². The summed E-state index contributed by atoms with van der Waals surface area (Å²) in [6, 6.07) is 15.2. The van der Waals surface area contributed by atoms with Gasteiger partial charge in [0.15, 0.2) is 11.6 Å². The zero-order valence-electron chi connectivity index (χ0n) is 19.5. The van der Waals surface area contributed by atoms with E-state index in [0.29, 0.717) is 17.7 Å². The summed E-state index contributed by atoms with van der Waals surface area (Å²) in [5.41, 5.74) is 2.88. The first kappa shape index (κ1) is 24.1. The van der Waals surface area contributed by atoms with E-state index < -0.39 is 11.6 Å². The Labute approximate surface area is 199 Å². The van der Waals surface area contributed by atoms with E-state index >= 15 is 0 Å². The van der Waals surface area contributed by atoms with Gasteiger partial charge in [0.25, 0.3) is 0 Å². The fourth-order valence-electron chi connectivity index (χ4n) is 4.25. The Hall–Kier alpha value is -3.05. The summed E-state index contributed by atoms with van der Waals surface area (Å²) in [6.45, 7) is 4.73. The number of hydrogen-bond acceptors (Lipinski definition) is 2. The van der Waals surface area contributed by atoms with Crippen LogP contribution in [0.25, 0.3) is 22.3 Å². The van der Waals surface area contributed by atoms with E-state index in [2.05, 4.69) is 0 Å². The van der Waals surface area contributed by atoms with Gasteiger partial charge in [-0.15, -0.1) is 0 Å². The highest BCUT2D eigenvalue weighted by Gasteiger charge is 2.23. The fraction of sp³-hybridized carbons (Fsp3) is 0.310. The smallest absolute Gasteiger partial charge is 0.201 e. The molecular weight excluding hydrogens is 437 g/mol. The van der Waals surface area contributed by atoms with Gasteiger partial charge in [-0.25, -0.2) is 8.78 Å². The van der Waals surface area contributed by atoms with E-state index in [-0.39, 0.29) is 35.8 Å². The number of rotatable bonds is 7. The van der Waals surface area contributed by atoms with E-state index in [1.54, 1.807) is 30.3 Å². The highest BCUT2D eigenvalue weighted by Crippen LogP contribution is 2.34. The average molecular weight is 467 g/mol. The summed E-state index contributed by atoms with van der Waals surface area (Å²) in [7, 11) is 0. The minimum absolute atomic E-state index is 0.0696. The molecule has 0 saturated carbocycles. The van der Waals surface area contributed by atoms with Crippen molar-refractivity contribution in [1.82, 2.24) is 0 Å². The predicted octanol–water partition coefficient (Wildman–Crippen LogP) is 8.07. The standard InChI is InChI=1S/C29H29F3O2/c1-3-4-5-16-33-27-15-14-25(28(31)29(27)32)21-10-8-20(9-11-21)22-12-13-24(26(30)17-22)23-7-6-19(2)34-18-23/h4-5,8-15,17,19,23H,3,6-7,16,18H2,1-2H3/b5-4+. The van der Waals surface area contributed by atoms with E-state index in [1.807, 2.05) is 32.1 Å². The van der Waals surface area contributed by atoms with Crippen molar-refractivity contribution in [3.05, 3.63) is 89.8 Å². The molecule has 0 spiro atoms. The Morgan fingerprint density at radius 3 is 2.29 bits per heavy atom. The van der Waals surface area contributed by atoms with Gasteiger partial charge in [0, 0.05) is 11.5 Å². The Bertz CT molecular complexity index is 1150. The first-order valence-electron chi connectivity index (χ1n) is 11.8. The summed E-state index contributed by atoms with van der Waals surface area (Å²) in [4.78, 5) is 0. The molecule has 1 fully saturated rings. The molecule has 0 aromatic heterocycles. The number of ether oxygens (including phenoxy) is 2. The molecule has 1 heterocycles. The molecule has 1 saturated heterocycles. The normalized spacial score (nSPS) is 18.4. The lowest BCUT2D eigenvalue weighted by Gasteiger charge is -2.27. The molecule has 34 heavy (non-hydrogen) atoms. The Kier molecular flexibility index (Phi) is 7.73. The summed E-state index contributed by atoms with van der Waals surface area (Å²) in [5, 5.41) is 0. The summed E-state index contributed by atoms with van der Waals surface area (Å²) < 4.78 is 55.1. The van der Waals surface area contributed by atoms with Gasteiger partial charge >= 0.3 is 0 Å². The Balaban J connectivity index is 1.50. The second-order valence-electron chi connectivity index (χ2n) is 8.66. The third-order valence-electron chi connectivity index (χ3n) is 6.26. The van der Waals surface area contributed by atoms with Crippen LogP contribution in [0, 0.1) is 17.5 Å². The molecule has 0 aliphatic carbocycles. The van der Waals surface area contributed by atoms with Crippen LogP contribution in [0.4, 0.5) is 13.2 Å². The van der Waals surface area contributed by atoms with Crippen LogP contribution in [-0.4, -0.2) is 19.3 Å². The molecule has 0 radical (unpaired) electrons. The Morgan fingerprint density at radius 2 is 1.62 bits per heavy atom. The van der Waals surface area contributed by atoms with Gasteiger partial charge < -0.3 is 9.47 Å². The van der Waals surface area contributed by atoms with Gasteiger partial charge in [0.1, 0.15) is 12.4 Å². The highest BCUT2D eigenvalue weighted by molar-refractivity contribution is 5.71. The summed E-state index contributed by atoms with van der Waals surface area (Å²) in [5.74, 6) is -2.26. The molecule has 3 aromatic carbocycles. The van der Waals surface area contributed by atoms with E-state index in [0.717, 1.165) is 30.4 Å². The third kappa shape index (κ3) is 5.36. The molecule has 0 N–H and O–H groups in total. The van der Waals surface area contributed by atoms with Gasteiger partial charge in [-0.2, -0.15) is 4.39 Å². The van der Waals surface area contributed by atoms with Gasteiger partial charge in [0.05, 0.1) is 12.7 Å². The SMILES string of the molecule is CC/C=C/COc1ccc(-c2ccc(-c3ccc(C4CCC(C)OC4)c(F)c3)cc2)c(F)c1F. The molecule has 178 valence electrons. The van der Waals surface area contributed by atoms with Crippen LogP contribution in [0.1, 0.15) is 44.6 Å². The minimum Gasteiger partial charge on any atom is -0.486 e. The lowest BCUT2D eigenvalue weighted by Crippen LogP contribution is -2.22. The number of halogens is 3. The molecule has 1 aliphatic rings. The second kappa shape index (κ2) is 10.9. The van der Waals surface area contributed by atoms with Crippen LogP contribution >= 0.6 is 0 Å². The topological polar surface area (TPSA) is 18.5 Å². The molecule has 2 unspecified atom stereocenters. The molecular formula is C29H29F3O2. The summed E-state index contributed by atoms with van der Waals surface area (Å²) >= 11 is 0. The predicted molar refractivity (Wildman–Crippen MR) is 130 cm³/mol. The highest BCUT2D eigenvalue weighted by atomic mass is 19.2. The zero-order valence-corrected chi connectivity index (χ0v) is 19.5. The fourth-order valence-corrected chi connectivity index (χ4v) is 4.25. The van der Waals surface area contributed by atoms with Gasteiger partial charge in [-0.1, -0.05) is 55.5 Å². The van der Waals surface area contributed by atoms with Crippen molar-refractivity contribution in [3.63, 3.8) is 0 Å². The molecule has 4 rings (SSSR count). The van der Waals surface area contributed by atoms with Crippen molar-refractivity contribution >= 4 is 0 Å². The average Bonchev–Trinajstić information content (AvgIpc) is 2.85. The first-order valence-corrected chi connectivity index (χ1v) is 11.8. The maximum absolute atomic E-state index is 14.9. The Morgan fingerprint density at radius 1 is 0.882 bits per heavy atom. The van der Waals surface area contributed by atoms with Crippen molar-refractivity contribution in [2.75, 3.05) is 13.2 Å². The quantitative estimate of drug-likeness (QED) is 0.328. The number of allylic oxidation sites excluding steroid dienone is 1. The molecule has 5 heteroatoms. The van der Waals surface area contributed by atoms with Crippen LogP contribution in [-0.2, 0) is 4.74 Å². The first-order chi connectivity index (χ1) is 16.5. The third-order valence-corrected chi connectivity index (χ3v) is 6.26. The van der Waals surface area contributed by atoms with Gasteiger partial charge in [-0.05, 0) is 66.6 Å². The maximum Gasteiger partial charge on any atom is 0.201 e. The van der Waals surface area contributed by atoms with Crippen molar-refractivity contribution in [1.29, 1.82) is 0 Å². The van der Waals surface area contributed by atoms with E-state index in [9.17, 15) is 13.2 Å². The molecule has 3 aromatic rings. The van der Waals surface area contributed by atoms with Crippen LogP contribution in [0.3, 0.4) is 0 Å².